The molecule has 2 aromatic heterocycles. The minimum atomic E-state index is -0.538. The number of carbonyl (C=O) groups excluding carboxylic acids is 2. The summed E-state index contributed by atoms with van der Waals surface area (Å²) in [7, 11) is 0. The highest BCUT2D eigenvalue weighted by Gasteiger charge is 2.42. The van der Waals surface area contributed by atoms with Crippen molar-refractivity contribution in [3.05, 3.63) is 81.1 Å². The lowest BCUT2D eigenvalue weighted by Gasteiger charge is -2.14. The number of carbonyl (C=O) groups is 2. The molecule has 1 aliphatic heterocycles. The Kier molecular flexibility index (Phi) is 3.50. The van der Waals surface area contributed by atoms with Gasteiger partial charge in [-0.15, -0.1) is 10.2 Å². The van der Waals surface area contributed by atoms with Gasteiger partial charge in [-0.25, -0.2) is 9.30 Å². The topological polar surface area (TPSA) is 84.6 Å². The maximum absolute atomic E-state index is 13.1. The first kappa shape index (κ1) is 16.5. The van der Waals surface area contributed by atoms with E-state index in [9.17, 15) is 14.4 Å². The smallest absolute Gasteiger partial charge is 0.267 e. The number of hydrogen-bond donors (Lipinski definition) is 0. The second kappa shape index (κ2) is 5.93. The van der Waals surface area contributed by atoms with Gasteiger partial charge in [-0.1, -0.05) is 59.4 Å². The average molecular weight is 388 g/mol. The van der Waals surface area contributed by atoms with E-state index in [1.165, 1.54) is 4.40 Å². The van der Waals surface area contributed by atoms with Crippen LogP contribution >= 0.6 is 11.3 Å². The molecule has 1 aliphatic rings. The van der Waals surface area contributed by atoms with Gasteiger partial charge in [0.2, 0.25) is 4.96 Å². The van der Waals surface area contributed by atoms with E-state index >= 15 is 0 Å². The number of amides is 2. The van der Waals surface area contributed by atoms with Crippen LogP contribution in [0, 0.1) is 6.92 Å². The summed E-state index contributed by atoms with van der Waals surface area (Å²) in [6, 6.07) is 16.0. The summed E-state index contributed by atoms with van der Waals surface area (Å²) >= 11 is 0.995. The maximum Gasteiger partial charge on any atom is 0.286 e. The molecule has 0 N–H and O–H groups in total. The Labute approximate surface area is 162 Å². The third-order valence-electron chi connectivity index (χ3n) is 4.61. The van der Waals surface area contributed by atoms with Crippen molar-refractivity contribution in [2.45, 2.75) is 6.92 Å². The van der Waals surface area contributed by atoms with Gasteiger partial charge in [0.1, 0.15) is 10.6 Å². The molecule has 5 rings (SSSR count). The molecule has 0 aliphatic carbocycles. The highest BCUT2D eigenvalue weighted by Crippen LogP contribution is 2.33. The molecule has 7 nitrogen and oxygen atoms in total. The number of anilines is 1. The molecule has 28 heavy (non-hydrogen) atoms. The zero-order valence-corrected chi connectivity index (χ0v) is 15.4. The molecule has 0 bridgehead atoms. The number of hydrogen-bond acceptors (Lipinski definition) is 6. The van der Waals surface area contributed by atoms with E-state index in [-0.39, 0.29) is 21.2 Å². The van der Waals surface area contributed by atoms with Crippen molar-refractivity contribution in [2.75, 3.05) is 4.90 Å². The van der Waals surface area contributed by atoms with Gasteiger partial charge in [-0.3, -0.25) is 14.4 Å². The maximum atomic E-state index is 13.1. The Morgan fingerprint density at radius 2 is 1.57 bits per heavy atom. The minimum absolute atomic E-state index is 0.0441. The van der Waals surface area contributed by atoms with E-state index in [0.29, 0.717) is 11.3 Å². The molecular weight excluding hydrogens is 376 g/mol. The second-order valence-electron chi connectivity index (χ2n) is 6.40. The van der Waals surface area contributed by atoms with Crippen LogP contribution in [0.2, 0.25) is 0 Å². The lowest BCUT2D eigenvalue weighted by Crippen LogP contribution is -2.31. The number of fused-ring (bicyclic) bond motifs is 3. The quantitative estimate of drug-likeness (QED) is 0.493. The van der Waals surface area contributed by atoms with E-state index in [2.05, 4.69) is 10.2 Å². The fourth-order valence-electron chi connectivity index (χ4n) is 3.22. The van der Waals surface area contributed by atoms with Crippen molar-refractivity contribution in [1.82, 2.24) is 14.6 Å². The zero-order chi connectivity index (χ0) is 19.4. The Morgan fingerprint density at radius 3 is 2.29 bits per heavy atom. The second-order valence-corrected chi connectivity index (χ2v) is 7.38. The lowest BCUT2D eigenvalue weighted by atomic mass is 10.2. The van der Waals surface area contributed by atoms with Gasteiger partial charge >= 0.3 is 0 Å². The van der Waals surface area contributed by atoms with Crippen molar-refractivity contribution in [1.29, 1.82) is 0 Å². The standard InChI is InChI=1S/C20H12N4O3S/c1-11-7-9-13(10-8-11)23-18(26)15-16(19(23)27)28-20-22-21-14(17(25)24(15)20)12-5-3-2-4-6-12/h2-10H,1H3. The Hall–Kier alpha value is -3.65. The van der Waals surface area contributed by atoms with Crippen LogP contribution in [0.3, 0.4) is 0 Å². The van der Waals surface area contributed by atoms with Crippen molar-refractivity contribution in [3.63, 3.8) is 0 Å². The fraction of sp³-hybridized carbons (Fsp3) is 0.0500. The largest absolute Gasteiger partial charge is 0.286 e. The third kappa shape index (κ3) is 2.25. The summed E-state index contributed by atoms with van der Waals surface area (Å²) in [5, 5.41) is 8.09. The molecule has 2 amide bonds. The van der Waals surface area contributed by atoms with Gasteiger partial charge < -0.3 is 0 Å². The van der Waals surface area contributed by atoms with Crippen LogP contribution in [-0.2, 0) is 0 Å². The molecule has 0 unspecified atom stereocenters. The first-order valence-corrected chi connectivity index (χ1v) is 9.31. The van der Waals surface area contributed by atoms with Crippen LogP contribution in [0.4, 0.5) is 5.69 Å². The number of nitrogens with zero attached hydrogens (tertiary/aromatic N) is 4. The molecular formula is C20H12N4O3S. The number of benzene rings is 2. The minimum Gasteiger partial charge on any atom is -0.267 e. The summed E-state index contributed by atoms with van der Waals surface area (Å²) in [5.74, 6) is -0.996. The zero-order valence-electron chi connectivity index (χ0n) is 14.6. The highest BCUT2D eigenvalue weighted by atomic mass is 32.1. The molecule has 2 aromatic carbocycles. The first-order valence-electron chi connectivity index (χ1n) is 8.49. The molecule has 4 aromatic rings. The Balaban J connectivity index is 1.71. The van der Waals surface area contributed by atoms with Crippen molar-refractivity contribution < 1.29 is 9.59 Å². The molecule has 0 saturated heterocycles. The van der Waals surface area contributed by atoms with Crippen LogP contribution < -0.4 is 10.5 Å². The number of thiazole rings is 1. The van der Waals surface area contributed by atoms with E-state index in [4.69, 9.17) is 0 Å². The molecule has 3 heterocycles. The molecule has 136 valence electrons. The van der Waals surface area contributed by atoms with Crippen LogP contribution in [-0.4, -0.2) is 26.4 Å². The van der Waals surface area contributed by atoms with Crippen LogP contribution in [0.1, 0.15) is 25.7 Å². The normalized spacial score (nSPS) is 13.4. The number of imide groups is 1. The Bertz CT molecular complexity index is 1320. The summed E-state index contributed by atoms with van der Waals surface area (Å²) < 4.78 is 1.20. The molecule has 0 radical (unpaired) electrons. The van der Waals surface area contributed by atoms with Gasteiger partial charge in [-0.05, 0) is 19.1 Å². The fourth-order valence-corrected chi connectivity index (χ4v) is 4.20. The third-order valence-corrected chi connectivity index (χ3v) is 5.63. The number of rotatable bonds is 2. The van der Waals surface area contributed by atoms with E-state index in [1.54, 1.807) is 36.4 Å². The molecule has 0 saturated carbocycles. The number of aryl methyl sites for hydroxylation is 1. The predicted octanol–water partition coefficient (Wildman–Crippen LogP) is 2.93. The average Bonchev–Trinajstić information content (AvgIpc) is 3.20. The van der Waals surface area contributed by atoms with E-state index in [1.807, 2.05) is 25.1 Å². The van der Waals surface area contributed by atoms with Crippen molar-refractivity contribution >= 4 is 33.8 Å². The molecule has 0 atom stereocenters. The lowest BCUT2D eigenvalue weighted by molar-refractivity contribution is 0.0925. The van der Waals surface area contributed by atoms with Gasteiger partial charge in [0.05, 0.1) is 5.69 Å². The van der Waals surface area contributed by atoms with Gasteiger partial charge in [0.25, 0.3) is 17.4 Å². The summed E-state index contributed by atoms with van der Waals surface area (Å²) in [6.07, 6.45) is 0. The van der Waals surface area contributed by atoms with Crippen LogP contribution in [0.15, 0.2) is 59.4 Å². The highest BCUT2D eigenvalue weighted by molar-refractivity contribution is 7.19. The summed E-state index contributed by atoms with van der Waals surface area (Å²) in [5.41, 5.74) is 1.79. The van der Waals surface area contributed by atoms with Crippen molar-refractivity contribution in [3.8, 4) is 11.3 Å². The summed E-state index contributed by atoms with van der Waals surface area (Å²) in [6.45, 7) is 1.92. The van der Waals surface area contributed by atoms with Crippen LogP contribution in [0.5, 0.6) is 0 Å². The van der Waals surface area contributed by atoms with Crippen molar-refractivity contribution in [2.24, 2.45) is 0 Å². The van der Waals surface area contributed by atoms with E-state index < -0.39 is 17.4 Å². The van der Waals surface area contributed by atoms with Gasteiger partial charge in [0, 0.05) is 5.56 Å². The molecule has 8 heteroatoms. The van der Waals surface area contributed by atoms with Gasteiger partial charge in [0.15, 0.2) is 5.69 Å². The molecule has 0 spiro atoms. The summed E-state index contributed by atoms with van der Waals surface area (Å²) in [4.78, 5) is 40.5. The van der Waals surface area contributed by atoms with E-state index in [0.717, 1.165) is 21.8 Å². The SMILES string of the molecule is Cc1ccc(N2C(=O)c3sc4nnc(-c5ccccc5)c(=O)n4c3C2=O)cc1. The monoisotopic (exact) mass is 388 g/mol. The number of aromatic nitrogens is 3. The van der Waals surface area contributed by atoms with Gasteiger partial charge in [-0.2, -0.15) is 0 Å². The molecule has 0 fully saturated rings. The first-order chi connectivity index (χ1) is 13.6. The van der Waals surface area contributed by atoms with Crippen LogP contribution in [0.25, 0.3) is 16.2 Å². The predicted molar refractivity (Wildman–Crippen MR) is 105 cm³/mol. The Morgan fingerprint density at radius 1 is 0.857 bits per heavy atom.